The van der Waals surface area contributed by atoms with Crippen LogP contribution in [0.25, 0.3) is 21.0 Å². The number of rotatable bonds is 4. The second-order valence-corrected chi connectivity index (χ2v) is 7.41. The molecule has 0 unspecified atom stereocenters. The molecule has 140 valence electrons. The van der Waals surface area contributed by atoms with Gasteiger partial charge in [-0.05, 0) is 29.3 Å². The summed E-state index contributed by atoms with van der Waals surface area (Å²) in [6.07, 6.45) is 0.211. The van der Waals surface area contributed by atoms with Crippen molar-refractivity contribution in [3.8, 4) is 0 Å². The second kappa shape index (κ2) is 7.36. The normalized spacial score (nSPS) is 12.0. The van der Waals surface area contributed by atoms with Crippen LogP contribution in [0, 0.1) is 10.1 Å². The first-order valence-corrected chi connectivity index (χ1v) is 9.70. The van der Waals surface area contributed by atoms with Crippen LogP contribution in [0.15, 0.2) is 65.7 Å². The number of carbonyl (C=O) groups is 1. The first kappa shape index (κ1) is 18.1. The topological polar surface area (TPSA) is 77.5 Å². The van der Waals surface area contributed by atoms with Crippen molar-refractivity contribution in [2.75, 3.05) is 0 Å². The van der Waals surface area contributed by atoms with Crippen molar-refractivity contribution in [2.45, 2.75) is 19.9 Å². The van der Waals surface area contributed by atoms with Crippen LogP contribution in [-0.4, -0.2) is 15.4 Å². The molecule has 6 nitrogen and oxygen atoms in total. The highest BCUT2D eigenvalue weighted by Gasteiger charge is 2.12. The van der Waals surface area contributed by atoms with E-state index in [9.17, 15) is 14.9 Å². The largest absolute Gasteiger partial charge is 0.316 e. The lowest BCUT2D eigenvalue weighted by Gasteiger charge is -2.02. The van der Waals surface area contributed by atoms with Gasteiger partial charge >= 0.3 is 0 Å². The Morgan fingerprint density at radius 3 is 2.64 bits per heavy atom. The molecule has 0 N–H and O–H groups in total. The lowest BCUT2D eigenvalue weighted by atomic mass is 10.1. The number of nitrogens with zero attached hydrogens (tertiary/aromatic N) is 3. The van der Waals surface area contributed by atoms with Crippen LogP contribution in [0.3, 0.4) is 0 Å². The molecule has 0 saturated carbocycles. The number of hydrogen-bond acceptors (Lipinski definition) is 4. The number of carbonyl (C=O) groups excluding carboxylic acids is 1. The number of aromatic nitrogens is 1. The Morgan fingerprint density at radius 1 is 1.11 bits per heavy atom. The van der Waals surface area contributed by atoms with Gasteiger partial charge in [0.2, 0.25) is 0 Å². The number of hydrogen-bond donors (Lipinski definition) is 0. The Bertz CT molecular complexity index is 1290. The van der Waals surface area contributed by atoms with Crippen molar-refractivity contribution in [3.63, 3.8) is 0 Å². The molecule has 1 amide bonds. The van der Waals surface area contributed by atoms with E-state index in [0.717, 1.165) is 26.6 Å². The minimum Gasteiger partial charge on any atom is -0.316 e. The maximum absolute atomic E-state index is 12.6. The van der Waals surface area contributed by atoms with Gasteiger partial charge in [0.15, 0.2) is 4.80 Å². The highest BCUT2D eigenvalue weighted by atomic mass is 32.1. The average Bonchev–Trinajstić information content (AvgIpc) is 3.03. The molecule has 28 heavy (non-hydrogen) atoms. The fourth-order valence-electron chi connectivity index (χ4n) is 3.23. The molecule has 0 fully saturated rings. The first-order valence-electron chi connectivity index (χ1n) is 8.88. The number of non-ortho nitro benzene ring substituents is 1. The summed E-state index contributed by atoms with van der Waals surface area (Å²) in [6.45, 7) is 2.50. The van der Waals surface area contributed by atoms with E-state index < -0.39 is 4.92 Å². The zero-order chi connectivity index (χ0) is 19.7. The number of thiazole rings is 1. The molecule has 0 bridgehead atoms. The summed E-state index contributed by atoms with van der Waals surface area (Å²) in [6, 6.07) is 18.7. The maximum atomic E-state index is 12.6. The van der Waals surface area contributed by atoms with Crippen molar-refractivity contribution in [1.29, 1.82) is 0 Å². The van der Waals surface area contributed by atoms with Crippen molar-refractivity contribution in [1.82, 2.24) is 4.57 Å². The molecule has 0 saturated heterocycles. The van der Waals surface area contributed by atoms with E-state index in [4.69, 9.17) is 0 Å². The predicted octanol–water partition coefficient (Wildman–Crippen LogP) is 4.45. The zero-order valence-corrected chi connectivity index (χ0v) is 16.0. The SMILES string of the molecule is CCn1c(=NC(=O)Cc2ccc3ccccc3c2)sc2ccc([N+](=O)[O-])cc21. The lowest BCUT2D eigenvalue weighted by Crippen LogP contribution is -2.16. The minimum atomic E-state index is -0.418. The Hall–Kier alpha value is -3.32. The number of nitro groups is 1. The van der Waals surface area contributed by atoms with E-state index in [1.165, 1.54) is 23.5 Å². The number of aryl methyl sites for hydroxylation is 1. The predicted molar refractivity (Wildman–Crippen MR) is 110 cm³/mol. The fourth-order valence-corrected chi connectivity index (χ4v) is 4.32. The molecule has 4 rings (SSSR count). The summed E-state index contributed by atoms with van der Waals surface area (Å²) < 4.78 is 2.70. The molecule has 0 spiro atoms. The van der Waals surface area contributed by atoms with E-state index in [1.807, 2.05) is 54.0 Å². The average molecular weight is 391 g/mol. The van der Waals surface area contributed by atoms with Gasteiger partial charge in [-0.3, -0.25) is 14.9 Å². The summed E-state index contributed by atoms with van der Waals surface area (Å²) in [7, 11) is 0. The number of amides is 1. The van der Waals surface area contributed by atoms with E-state index in [-0.39, 0.29) is 18.0 Å². The number of nitro benzene ring substituents is 1. The summed E-state index contributed by atoms with van der Waals surface area (Å²) in [5.41, 5.74) is 1.66. The Kier molecular flexibility index (Phi) is 4.75. The summed E-state index contributed by atoms with van der Waals surface area (Å²) in [4.78, 5) is 28.0. The van der Waals surface area contributed by atoms with Gasteiger partial charge in [0, 0.05) is 18.7 Å². The standard InChI is InChI=1S/C21H17N3O3S/c1-2-23-18-13-17(24(26)27)9-10-19(18)28-21(23)22-20(25)12-14-7-8-15-5-3-4-6-16(15)11-14/h3-11,13H,2,12H2,1H3. The van der Waals surface area contributed by atoms with Gasteiger partial charge in [0.25, 0.3) is 11.6 Å². The minimum absolute atomic E-state index is 0.0292. The van der Waals surface area contributed by atoms with Crippen LogP contribution < -0.4 is 4.80 Å². The third-order valence-corrected chi connectivity index (χ3v) is 5.64. The number of fused-ring (bicyclic) bond motifs is 2. The van der Waals surface area contributed by atoms with Crippen molar-refractivity contribution >= 4 is 43.9 Å². The Morgan fingerprint density at radius 2 is 1.89 bits per heavy atom. The van der Waals surface area contributed by atoms with Crippen LogP contribution in [0.2, 0.25) is 0 Å². The summed E-state index contributed by atoms with van der Waals surface area (Å²) in [5.74, 6) is -0.237. The smallest absolute Gasteiger partial charge is 0.271 e. The third kappa shape index (κ3) is 3.44. The fraction of sp³-hybridized carbons (Fsp3) is 0.143. The molecule has 1 heterocycles. The van der Waals surface area contributed by atoms with E-state index in [0.29, 0.717) is 11.3 Å². The lowest BCUT2D eigenvalue weighted by molar-refractivity contribution is -0.384. The molecule has 0 aliphatic rings. The van der Waals surface area contributed by atoms with Crippen molar-refractivity contribution in [3.05, 3.63) is 81.1 Å². The van der Waals surface area contributed by atoms with Gasteiger partial charge in [-0.15, -0.1) is 0 Å². The molecular formula is C21H17N3O3S. The zero-order valence-electron chi connectivity index (χ0n) is 15.2. The molecule has 4 aromatic rings. The third-order valence-electron chi connectivity index (χ3n) is 4.58. The maximum Gasteiger partial charge on any atom is 0.271 e. The molecule has 3 aromatic carbocycles. The van der Waals surface area contributed by atoms with Crippen molar-refractivity contribution in [2.24, 2.45) is 4.99 Å². The van der Waals surface area contributed by atoms with Crippen LogP contribution >= 0.6 is 11.3 Å². The van der Waals surface area contributed by atoms with Crippen LogP contribution in [-0.2, 0) is 17.8 Å². The summed E-state index contributed by atoms with van der Waals surface area (Å²) in [5, 5.41) is 13.3. The van der Waals surface area contributed by atoms with Gasteiger partial charge in [0.05, 0.1) is 21.6 Å². The van der Waals surface area contributed by atoms with Crippen LogP contribution in [0.1, 0.15) is 12.5 Å². The van der Waals surface area contributed by atoms with E-state index in [1.54, 1.807) is 6.07 Å². The highest BCUT2D eigenvalue weighted by Crippen LogP contribution is 2.23. The Balaban J connectivity index is 1.69. The molecular weight excluding hydrogens is 374 g/mol. The van der Waals surface area contributed by atoms with Gasteiger partial charge in [-0.1, -0.05) is 53.8 Å². The van der Waals surface area contributed by atoms with E-state index >= 15 is 0 Å². The van der Waals surface area contributed by atoms with Crippen LogP contribution in [0.5, 0.6) is 0 Å². The number of benzene rings is 3. The van der Waals surface area contributed by atoms with Gasteiger partial charge in [-0.25, -0.2) is 0 Å². The molecule has 7 heteroatoms. The Labute approximate surface area is 164 Å². The van der Waals surface area contributed by atoms with E-state index in [2.05, 4.69) is 4.99 Å². The quantitative estimate of drug-likeness (QED) is 0.381. The molecule has 0 aliphatic carbocycles. The molecule has 1 aromatic heterocycles. The monoisotopic (exact) mass is 391 g/mol. The van der Waals surface area contributed by atoms with Gasteiger partial charge in [0.1, 0.15) is 0 Å². The molecule has 0 atom stereocenters. The van der Waals surface area contributed by atoms with Crippen LogP contribution in [0.4, 0.5) is 5.69 Å². The second-order valence-electron chi connectivity index (χ2n) is 6.40. The molecule has 0 aliphatic heterocycles. The van der Waals surface area contributed by atoms with Crippen molar-refractivity contribution < 1.29 is 9.72 Å². The highest BCUT2D eigenvalue weighted by molar-refractivity contribution is 7.16. The molecule has 0 radical (unpaired) electrons. The summed E-state index contributed by atoms with van der Waals surface area (Å²) >= 11 is 1.36. The van der Waals surface area contributed by atoms with Gasteiger partial charge in [-0.2, -0.15) is 4.99 Å². The first-order chi connectivity index (χ1) is 13.5. The van der Waals surface area contributed by atoms with Gasteiger partial charge < -0.3 is 4.57 Å².